The van der Waals surface area contributed by atoms with Crippen molar-refractivity contribution < 1.29 is 43.9 Å². The van der Waals surface area contributed by atoms with Gasteiger partial charge in [-0.1, -0.05) is 0 Å². The maximum absolute atomic E-state index is 11.2. The third-order valence-electron chi connectivity index (χ3n) is 0.652. The second-order valence-corrected chi connectivity index (χ2v) is 1.67. The Morgan fingerprint density at radius 3 is 0.857 bits per heavy atom. The summed E-state index contributed by atoms with van der Waals surface area (Å²) in [7, 11) is 0. The highest BCUT2D eigenvalue weighted by Gasteiger charge is 2.64. The monoisotopic (exact) mass is 240 g/mol. The molecule has 0 radical (unpaired) electrons. The van der Waals surface area contributed by atoms with Crippen LogP contribution >= 0.6 is 0 Å². The Labute approximate surface area is 70.5 Å². The Morgan fingerprint density at radius 2 is 0.857 bits per heavy atom. The molecular weight excluding hydrogens is 238 g/mol. The largest absolute Gasteiger partial charge is 0.459 e. The van der Waals surface area contributed by atoms with Gasteiger partial charge in [-0.15, -0.1) is 0 Å². The van der Waals surface area contributed by atoms with E-state index in [-0.39, 0.29) is 0 Å². The third-order valence-corrected chi connectivity index (χ3v) is 0.652. The van der Waals surface area contributed by atoms with Gasteiger partial charge in [0.25, 0.3) is 0 Å². The molecule has 0 atom stereocenters. The quantitative estimate of drug-likeness (QED) is 0.614. The zero-order chi connectivity index (χ0) is 12.2. The SMILES string of the molecule is FC(F)C(F)(F)C(F)(F)F.FC(F)F. The van der Waals surface area contributed by atoms with Gasteiger partial charge in [-0.2, -0.15) is 35.1 Å². The van der Waals surface area contributed by atoms with E-state index in [9.17, 15) is 43.9 Å². The van der Waals surface area contributed by atoms with E-state index >= 15 is 0 Å². The van der Waals surface area contributed by atoms with Crippen LogP contribution in [0.3, 0.4) is 0 Å². The van der Waals surface area contributed by atoms with Crippen LogP contribution in [0.25, 0.3) is 0 Å². The molecule has 0 bridgehead atoms. The molecule has 0 spiro atoms. The average molecular weight is 240 g/mol. The van der Waals surface area contributed by atoms with Crippen molar-refractivity contribution in [2.75, 3.05) is 0 Å². The van der Waals surface area contributed by atoms with Crippen LogP contribution in [0.15, 0.2) is 0 Å². The van der Waals surface area contributed by atoms with Gasteiger partial charge in [0.2, 0.25) is 0 Å². The molecule has 0 heterocycles. The molecule has 0 aromatic rings. The van der Waals surface area contributed by atoms with E-state index in [0.717, 1.165) is 0 Å². The van der Waals surface area contributed by atoms with Crippen molar-refractivity contribution in [3.63, 3.8) is 0 Å². The lowest BCUT2D eigenvalue weighted by Crippen LogP contribution is -2.42. The topological polar surface area (TPSA) is 0 Å². The number of hydrogen-bond acceptors (Lipinski definition) is 0. The van der Waals surface area contributed by atoms with Gasteiger partial charge in [-0.3, -0.25) is 0 Å². The van der Waals surface area contributed by atoms with Crippen LogP contribution in [0.2, 0.25) is 0 Å². The average Bonchev–Trinajstić information content (AvgIpc) is 1.82. The fourth-order valence-electron chi connectivity index (χ4n) is 0.124. The van der Waals surface area contributed by atoms with Gasteiger partial charge in [0.1, 0.15) is 0 Å². The van der Waals surface area contributed by atoms with Gasteiger partial charge in [-0.25, -0.2) is 8.78 Å². The van der Waals surface area contributed by atoms with Crippen molar-refractivity contribution >= 4 is 0 Å². The summed E-state index contributed by atoms with van der Waals surface area (Å²) >= 11 is 0. The highest BCUT2D eigenvalue weighted by molar-refractivity contribution is 4.77. The minimum absolute atomic E-state index is 3.67. The second-order valence-electron chi connectivity index (χ2n) is 1.67. The van der Waals surface area contributed by atoms with Crippen molar-refractivity contribution in [3.05, 3.63) is 0 Å². The molecule has 0 fully saturated rings. The summed E-state index contributed by atoms with van der Waals surface area (Å²) in [5.41, 5.74) is 0. The van der Waals surface area contributed by atoms with E-state index < -0.39 is 25.2 Å². The highest BCUT2D eigenvalue weighted by atomic mass is 19.4. The van der Waals surface area contributed by atoms with E-state index in [1.165, 1.54) is 0 Å². The Bertz CT molecular complexity index is 142. The maximum Gasteiger partial charge on any atom is 0.459 e. The Morgan fingerprint density at radius 1 is 0.643 bits per heavy atom. The molecule has 0 aliphatic carbocycles. The van der Waals surface area contributed by atoms with E-state index in [1.807, 2.05) is 0 Å². The van der Waals surface area contributed by atoms with Crippen molar-refractivity contribution in [1.82, 2.24) is 0 Å². The molecular formula is C4H2F10. The maximum atomic E-state index is 11.2. The molecule has 0 N–H and O–H groups in total. The summed E-state index contributed by atoms with van der Waals surface area (Å²) in [5, 5.41) is 0. The normalized spacial score (nSPS) is 12.9. The number of rotatable bonds is 1. The van der Waals surface area contributed by atoms with Crippen LogP contribution in [0.4, 0.5) is 43.9 Å². The first-order valence-corrected chi connectivity index (χ1v) is 2.57. The second kappa shape index (κ2) is 5.25. The van der Waals surface area contributed by atoms with Crippen LogP contribution in [-0.2, 0) is 0 Å². The van der Waals surface area contributed by atoms with Crippen LogP contribution in [0, 0.1) is 0 Å². The summed E-state index contributed by atoms with van der Waals surface area (Å²) in [6.07, 6.45) is -10.9. The van der Waals surface area contributed by atoms with Crippen molar-refractivity contribution in [2.45, 2.75) is 25.2 Å². The molecule has 14 heavy (non-hydrogen) atoms. The predicted octanol–water partition coefficient (Wildman–Crippen LogP) is 3.63. The fraction of sp³-hybridized carbons (Fsp3) is 1.00. The Balaban J connectivity index is 0. The minimum Gasteiger partial charge on any atom is -0.203 e. The molecule has 0 amide bonds. The summed E-state index contributed by atoms with van der Waals surface area (Å²) in [5.74, 6) is -5.90. The van der Waals surface area contributed by atoms with Gasteiger partial charge < -0.3 is 0 Å². The van der Waals surface area contributed by atoms with Crippen LogP contribution in [0.5, 0.6) is 0 Å². The van der Waals surface area contributed by atoms with Gasteiger partial charge in [0.05, 0.1) is 0 Å². The zero-order valence-corrected chi connectivity index (χ0v) is 5.93. The minimum atomic E-state index is -6.17. The molecule has 0 nitrogen and oxygen atoms in total. The van der Waals surface area contributed by atoms with Crippen molar-refractivity contribution in [2.24, 2.45) is 0 Å². The fourth-order valence-corrected chi connectivity index (χ4v) is 0.124. The predicted molar refractivity (Wildman–Crippen MR) is 24.1 cm³/mol. The molecule has 0 aliphatic rings. The summed E-state index contributed by atoms with van der Waals surface area (Å²) in [4.78, 5) is 0. The first kappa shape index (κ1) is 15.8. The highest BCUT2D eigenvalue weighted by Crippen LogP contribution is 2.39. The van der Waals surface area contributed by atoms with Crippen LogP contribution in [-0.4, -0.2) is 25.2 Å². The van der Waals surface area contributed by atoms with Gasteiger partial charge >= 0.3 is 25.2 Å². The molecule has 0 rings (SSSR count). The summed E-state index contributed by atoms with van der Waals surface area (Å²) < 4.78 is 106. The van der Waals surface area contributed by atoms with Crippen LogP contribution < -0.4 is 0 Å². The number of hydrogen-bond donors (Lipinski definition) is 0. The lowest BCUT2D eigenvalue weighted by molar-refractivity contribution is -0.320. The molecule has 0 saturated heterocycles. The van der Waals surface area contributed by atoms with E-state index in [4.69, 9.17) is 0 Å². The van der Waals surface area contributed by atoms with E-state index in [1.54, 1.807) is 0 Å². The van der Waals surface area contributed by atoms with Gasteiger partial charge in [-0.05, 0) is 0 Å². The van der Waals surface area contributed by atoms with Gasteiger partial charge in [0, 0.05) is 0 Å². The standard InChI is InChI=1S/C3HF7.CHF3/c4-1(5)2(6,7)3(8,9)10;2-1(3)4/h1H;1H. The first-order valence-electron chi connectivity index (χ1n) is 2.57. The van der Waals surface area contributed by atoms with E-state index in [2.05, 4.69) is 0 Å². The first-order chi connectivity index (χ1) is 5.93. The van der Waals surface area contributed by atoms with Gasteiger partial charge in [0.15, 0.2) is 0 Å². The molecule has 88 valence electrons. The van der Waals surface area contributed by atoms with Crippen molar-refractivity contribution in [3.8, 4) is 0 Å². The van der Waals surface area contributed by atoms with Crippen molar-refractivity contribution in [1.29, 1.82) is 0 Å². The number of alkyl halides is 10. The smallest absolute Gasteiger partial charge is 0.203 e. The number of halogens is 10. The summed E-state index contributed by atoms with van der Waals surface area (Å²) in [6, 6.07) is 0. The zero-order valence-electron chi connectivity index (χ0n) is 5.93. The molecule has 0 aromatic carbocycles. The lowest BCUT2D eigenvalue weighted by atomic mass is 10.3. The third kappa shape index (κ3) is 5.86. The molecule has 0 aliphatic heterocycles. The Hall–Kier alpha value is -0.700. The molecule has 10 heteroatoms. The van der Waals surface area contributed by atoms with E-state index in [0.29, 0.717) is 0 Å². The lowest BCUT2D eigenvalue weighted by Gasteiger charge is -2.17. The molecule has 0 unspecified atom stereocenters. The molecule has 0 aromatic heterocycles. The summed E-state index contributed by atoms with van der Waals surface area (Å²) in [6.45, 7) is -3.67. The Kier molecular flexibility index (Phi) is 5.91. The van der Waals surface area contributed by atoms with Crippen LogP contribution in [0.1, 0.15) is 0 Å². The molecule has 0 saturated carbocycles.